The molecule has 12 heteroatoms. The molecule has 0 radical (unpaired) electrons. The average molecular weight is 690 g/mol. The molecule has 1 N–H and O–H groups in total. The van der Waals surface area contributed by atoms with Gasteiger partial charge in [0.1, 0.15) is 22.3 Å². The summed E-state index contributed by atoms with van der Waals surface area (Å²) in [5.74, 6) is 1.30. The number of rotatable bonds is 3. The lowest BCUT2D eigenvalue weighted by Gasteiger charge is -2.45. The molecule has 3 aromatic rings. The topological polar surface area (TPSA) is 115 Å². The van der Waals surface area contributed by atoms with Crippen molar-refractivity contribution in [1.29, 1.82) is 0 Å². The van der Waals surface area contributed by atoms with Gasteiger partial charge in [-0.05, 0) is 85.9 Å². The Morgan fingerprint density at radius 1 is 1.21 bits per heavy atom. The molecule has 3 aliphatic heterocycles. The second-order valence-electron chi connectivity index (χ2n) is 13.5. The van der Waals surface area contributed by atoms with Crippen LogP contribution in [0.4, 0.5) is 5.69 Å². The van der Waals surface area contributed by atoms with Crippen molar-refractivity contribution in [2.75, 3.05) is 43.2 Å². The Balaban J connectivity index is 1.29. The number of aromatic nitrogens is 2. The van der Waals surface area contributed by atoms with E-state index in [1.807, 2.05) is 23.9 Å². The molecule has 1 unspecified atom stereocenters. The molecule has 1 aromatic heterocycles. The van der Waals surface area contributed by atoms with Gasteiger partial charge in [-0.1, -0.05) is 35.9 Å². The summed E-state index contributed by atoms with van der Waals surface area (Å²) in [6, 6.07) is 12.1. The molecule has 2 aromatic carbocycles. The number of hydrogen-bond acceptors (Lipinski definition) is 8. The molecule has 7 rings (SSSR count). The fraction of sp³-hybridized carbons (Fsp3) is 0.472. The molecule has 1 aliphatic carbocycles. The van der Waals surface area contributed by atoms with Gasteiger partial charge in [0.25, 0.3) is 11.8 Å². The SMILES string of the molecule is CO[C@H]1/C=C/CCCS(=O)(NC(=O)c2cnn(C)c2)=NC(=O)c2ccc3c(c2)N(C[C@@H]2CC[C@H]21)C[C@]1(CO3)SCCc2cc(C)ccc21. The fourth-order valence-electron chi connectivity index (χ4n) is 7.48. The number of allylic oxidation sites excluding steroid dienone is 1. The van der Waals surface area contributed by atoms with Gasteiger partial charge in [0.2, 0.25) is 0 Å². The van der Waals surface area contributed by atoms with Gasteiger partial charge in [0.15, 0.2) is 0 Å². The van der Waals surface area contributed by atoms with Crippen LogP contribution in [-0.2, 0) is 32.9 Å². The number of thioether (sulfide) groups is 1. The van der Waals surface area contributed by atoms with E-state index in [2.05, 4.69) is 56.4 Å². The summed E-state index contributed by atoms with van der Waals surface area (Å²) in [6.45, 7) is 4.18. The number of anilines is 1. The maximum atomic E-state index is 14.2. The molecule has 2 amide bonds. The number of benzene rings is 2. The van der Waals surface area contributed by atoms with Crippen LogP contribution >= 0.6 is 11.8 Å². The highest BCUT2D eigenvalue weighted by molar-refractivity contribution is 8.00. The van der Waals surface area contributed by atoms with Crippen molar-refractivity contribution in [2.24, 2.45) is 23.2 Å². The molecule has 4 heterocycles. The number of hydrogen-bond donors (Lipinski definition) is 1. The van der Waals surface area contributed by atoms with Crippen LogP contribution in [0.1, 0.15) is 63.1 Å². The smallest absolute Gasteiger partial charge is 0.286 e. The Bertz CT molecular complexity index is 1880. The highest BCUT2D eigenvalue weighted by atomic mass is 32.2. The molecule has 4 aliphatic rings. The van der Waals surface area contributed by atoms with Gasteiger partial charge in [-0.15, -0.1) is 16.1 Å². The van der Waals surface area contributed by atoms with Crippen molar-refractivity contribution >= 4 is 39.2 Å². The minimum atomic E-state index is -3.46. The number of carbonyl (C=O) groups is 2. The first-order valence-electron chi connectivity index (χ1n) is 16.7. The number of carbonyl (C=O) groups excluding carboxylic acids is 2. The summed E-state index contributed by atoms with van der Waals surface area (Å²) in [7, 11) is 0.00581. The van der Waals surface area contributed by atoms with Crippen LogP contribution in [0.3, 0.4) is 0 Å². The Kier molecular flexibility index (Phi) is 9.16. The second-order valence-corrected chi connectivity index (χ2v) is 17.0. The van der Waals surface area contributed by atoms with Crippen molar-refractivity contribution < 1.29 is 23.3 Å². The molecule has 48 heavy (non-hydrogen) atoms. The van der Waals surface area contributed by atoms with E-state index < -0.39 is 21.7 Å². The lowest BCUT2D eigenvalue weighted by Crippen LogP contribution is -2.48. The summed E-state index contributed by atoms with van der Waals surface area (Å²) in [6.07, 6.45) is 11.4. The van der Waals surface area contributed by atoms with Gasteiger partial charge in [0, 0.05) is 39.0 Å². The van der Waals surface area contributed by atoms with Crippen LogP contribution in [0.25, 0.3) is 0 Å². The van der Waals surface area contributed by atoms with Crippen molar-refractivity contribution in [3.8, 4) is 5.75 Å². The summed E-state index contributed by atoms with van der Waals surface area (Å²) >= 11 is 1.96. The molecular formula is C36H43N5O5S2. The van der Waals surface area contributed by atoms with Gasteiger partial charge in [-0.2, -0.15) is 5.10 Å². The molecule has 1 fully saturated rings. The molecule has 1 spiro atoms. The number of amides is 2. The monoisotopic (exact) mass is 689 g/mol. The number of methoxy groups -OCH3 is 1. The van der Waals surface area contributed by atoms with Gasteiger partial charge in [-0.25, -0.2) is 4.21 Å². The molecule has 1 saturated carbocycles. The number of fused-ring (bicyclic) bond motifs is 4. The van der Waals surface area contributed by atoms with E-state index in [0.29, 0.717) is 42.6 Å². The zero-order chi connectivity index (χ0) is 33.5. The highest BCUT2D eigenvalue weighted by Gasteiger charge is 2.45. The third-order valence-corrected chi connectivity index (χ3v) is 13.4. The minimum Gasteiger partial charge on any atom is -0.490 e. The number of ether oxygens (including phenoxy) is 2. The fourth-order valence-corrected chi connectivity index (χ4v) is 10.5. The van der Waals surface area contributed by atoms with E-state index in [0.717, 1.165) is 43.8 Å². The van der Waals surface area contributed by atoms with E-state index in [-0.39, 0.29) is 22.2 Å². The van der Waals surface area contributed by atoms with Crippen molar-refractivity contribution in [2.45, 2.75) is 49.9 Å². The number of aryl methyl sites for hydroxylation is 3. The maximum Gasteiger partial charge on any atom is 0.286 e. The predicted octanol–water partition coefficient (Wildman–Crippen LogP) is 5.46. The molecule has 0 saturated heterocycles. The van der Waals surface area contributed by atoms with Crippen LogP contribution in [0.5, 0.6) is 5.75 Å². The van der Waals surface area contributed by atoms with Gasteiger partial charge in [-0.3, -0.25) is 19.0 Å². The molecule has 5 atom stereocenters. The van der Waals surface area contributed by atoms with Crippen molar-refractivity contribution in [3.63, 3.8) is 0 Å². The number of nitrogens with zero attached hydrogens (tertiary/aromatic N) is 4. The largest absolute Gasteiger partial charge is 0.490 e. The van der Waals surface area contributed by atoms with Gasteiger partial charge >= 0.3 is 0 Å². The Hall–Kier alpha value is -3.61. The minimum absolute atomic E-state index is 0.0254. The van der Waals surface area contributed by atoms with E-state index >= 15 is 0 Å². The summed E-state index contributed by atoms with van der Waals surface area (Å²) < 4.78 is 34.9. The second kappa shape index (κ2) is 13.4. The first kappa shape index (κ1) is 32.9. The first-order chi connectivity index (χ1) is 23.1. The van der Waals surface area contributed by atoms with Gasteiger partial charge in [0.05, 0.1) is 34.1 Å². The standard InChI is InChI=1S/C36H43N5O5S2/c1-24-8-12-30-25(17-24)14-15-47-36(30)22-41-21-27-9-11-29(27)32(45-3)7-5-4-6-16-48(44,39-35(43)28-19-37-40(2)20-28)38-34(42)26-10-13-33(46-23-36)31(41)18-26/h5,7-8,10,12-13,17-20,27,29,32H,4,6,9,11,14-16,21-23H2,1-3H3,(H,38,39,42,43,44)/b7-5+/t27-,29+,32-,36+,48?/m0/s1. The maximum absolute atomic E-state index is 14.2. The van der Waals surface area contributed by atoms with Crippen LogP contribution < -0.4 is 14.4 Å². The normalized spacial score (nSPS) is 29.4. The molecule has 2 bridgehead atoms. The zero-order valence-corrected chi connectivity index (χ0v) is 29.4. The van der Waals surface area contributed by atoms with Crippen molar-refractivity contribution in [3.05, 3.63) is 88.8 Å². The highest BCUT2D eigenvalue weighted by Crippen LogP contribution is 2.49. The van der Waals surface area contributed by atoms with Crippen molar-refractivity contribution in [1.82, 2.24) is 14.5 Å². The third kappa shape index (κ3) is 6.54. The van der Waals surface area contributed by atoms with Crippen LogP contribution in [-0.4, -0.2) is 70.2 Å². The molecule has 10 nitrogen and oxygen atoms in total. The lowest BCUT2D eigenvalue weighted by atomic mass is 9.70. The first-order valence-corrected chi connectivity index (χ1v) is 19.4. The number of nitrogens with one attached hydrogen (secondary N) is 1. The van der Waals surface area contributed by atoms with E-state index in [1.54, 1.807) is 20.2 Å². The third-order valence-electron chi connectivity index (χ3n) is 10.1. The quantitative estimate of drug-likeness (QED) is 0.361. The summed E-state index contributed by atoms with van der Waals surface area (Å²) in [5.41, 5.74) is 5.35. The van der Waals surface area contributed by atoms with Crippen LogP contribution in [0.15, 0.2) is 65.3 Å². The van der Waals surface area contributed by atoms with E-state index in [1.165, 1.54) is 33.8 Å². The summed E-state index contributed by atoms with van der Waals surface area (Å²) in [4.78, 5) is 29.3. The Labute approximate surface area is 287 Å². The summed E-state index contributed by atoms with van der Waals surface area (Å²) in [5, 5.41) is 4.05. The van der Waals surface area contributed by atoms with E-state index in [4.69, 9.17) is 9.47 Å². The Morgan fingerprint density at radius 2 is 2.08 bits per heavy atom. The van der Waals surface area contributed by atoms with E-state index in [9.17, 15) is 13.8 Å². The Morgan fingerprint density at radius 3 is 2.85 bits per heavy atom. The van der Waals surface area contributed by atoms with Gasteiger partial charge < -0.3 is 14.4 Å². The lowest BCUT2D eigenvalue weighted by molar-refractivity contribution is 0.0134. The van der Waals surface area contributed by atoms with Crippen LogP contribution in [0.2, 0.25) is 0 Å². The predicted molar refractivity (Wildman–Crippen MR) is 189 cm³/mol. The average Bonchev–Trinajstić information content (AvgIpc) is 3.43. The molecule has 254 valence electrons. The zero-order valence-electron chi connectivity index (χ0n) is 27.7. The van der Waals surface area contributed by atoms with Crippen LogP contribution in [0, 0.1) is 18.8 Å². The molecular weight excluding hydrogens is 647 g/mol.